The van der Waals surface area contributed by atoms with Crippen LogP contribution in [0.25, 0.3) is 0 Å². The van der Waals surface area contributed by atoms with E-state index in [2.05, 4.69) is 95.9 Å². The highest BCUT2D eigenvalue weighted by molar-refractivity contribution is 5.45. The Bertz CT molecular complexity index is 695. The van der Waals surface area contributed by atoms with Gasteiger partial charge >= 0.3 is 0 Å². The van der Waals surface area contributed by atoms with Crippen LogP contribution in [0.15, 0.2) is 91.0 Å². The summed E-state index contributed by atoms with van der Waals surface area (Å²) in [7, 11) is 0. The van der Waals surface area contributed by atoms with E-state index in [9.17, 15) is 0 Å². The van der Waals surface area contributed by atoms with Crippen LogP contribution in [0.4, 0.5) is 0 Å². The largest absolute Gasteiger partial charge is 0.282 e. The van der Waals surface area contributed by atoms with Crippen LogP contribution in [0, 0.1) is 0 Å². The molecule has 0 N–H and O–H groups in total. The lowest BCUT2D eigenvalue weighted by atomic mass is 9.91. The van der Waals surface area contributed by atoms with Gasteiger partial charge in [0.25, 0.3) is 0 Å². The van der Waals surface area contributed by atoms with Crippen molar-refractivity contribution < 1.29 is 0 Å². The Morgan fingerprint density at radius 1 is 0.636 bits per heavy atom. The van der Waals surface area contributed by atoms with Crippen LogP contribution in [-0.2, 0) is 12.1 Å². The Hall–Kier alpha value is -2.38. The summed E-state index contributed by atoms with van der Waals surface area (Å²) in [5, 5.41) is 0. The van der Waals surface area contributed by atoms with Crippen molar-refractivity contribution in [3.05, 3.63) is 108 Å². The lowest BCUT2D eigenvalue weighted by molar-refractivity contribution is 0.448. The number of rotatable bonds is 4. The standard InChI is InChI=1S/C21H19N/c1-4-10-18(11-5-1)16-22-17-21(22,19-12-6-2-7-13-19)20-14-8-3-9-15-20/h1-15H,16-17H2. The van der Waals surface area contributed by atoms with E-state index in [-0.39, 0.29) is 5.54 Å². The fraction of sp³-hybridized carbons (Fsp3) is 0.143. The molecule has 0 aliphatic carbocycles. The lowest BCUT2D eigenvalue weighted by Gasteiger charge is -2.19. The molecule has 3 aromatic carbocycles. The van der Waals surface area contributed by atoms with Gasteiger partial charge in [0.2, 0.25) is 0 Å². The smallest absolute Gasteiger partial charge is 0.0849 e. The van der Waals surface area contributed by atoms with E-state index in [0.717, 1.165) is 13.1 Å². The van der Waals surface area contributed by atoms with Crippen molar-refractivity contribution in [2.45, 2.75) is 12.1 Å². The number of hydrogen-bond acceptors (Lipinski definition) is 1. The molecule has 1 aliphatic rings. The summed E-state index contributed by atoms with van der Waals surface area (Å²) in [5.41, 5.74) is 4.18. The second kappa shape index (κ2) is 5.43. The zero-order valence-corrected chi connectivity index (χ0v) is 12.5. The molecule has 0 amide bonds. The zero-order chi connectivity index (χ0) is 14.8. The summed E-state index contributed by atoms with van der Waals surface area (Å²) in [6.07, 6.45) is 0. The van der Waals surface area contributed by atoms with Crippen molar-refractivity contribution in [2.24, 2.45) is 0 Å². The highest BCUT2D eigenvalue weighted by atomic mass is 15.4. The van der Waals surface area contributed by atoms with Gasteiger partial charge in [0.15, 0.2) is 0 Å². The van der Waals surface area contributed by atoms with E-state index in [0.29, 0.717) is 0 Å². The lowest BCUT2D eigenvalue weighted by Crippen LogP contribution is -2.18. The third-order valence-corrected chi connectivity index (χ3v) is 4.58. The SMILES string of the molecule is c1ccc(CN2CC2(c2ccccc2)c2ccccc2)cc1. The van der Waals surface area contributed by atoms with Gasteiger partial charge < -0.3 is 0 Å². The zero-order valence-electron chi connectivity index (χ0n) is 12.5. The highest BCUT2D eigenvalue weighted by Gasteiger charge is 2.54. The predicted octanol–water partition coefficient (Wildman–Crippen LogP) is 4.45. The predicted molar refractivity (Wildman–Crippen MR) is 90.5 cm³/mol. The van der Waals surface area contributed by atoms with Crippen molar-refractivity contribution in [3.8, 4) is 0 Å². The first-order valence-electron chi connectivity index (χ1n) is 7.80. The molecular weight excluding hydrogens is 266 g/mol. The van der Waals surface area contributed by atoms with Gasteiger partial charge in [-0.05, 0) is 16.7 Å². The summed E-state index contributed by atoms with van der Waals surface area (Å²) in [6.45, 7) is 2.07. The van der Waals surface area contributed by atoms with Gasteiger partial charge in [0, 0.05) is 13.1 Å². The molecule has 0 spiro atoms. The van der Waals surface area contributed by atoms with Crippen molar-refractivity contribution in [1.29, 1.82) is 0 Å². The normalized spacial score (nSPS) is 18.8. The fourth-order valence-electron chi connectivity index (χ4n) is 3.38. The van der Waals surface area contributed by atoms with E-state index >= 15 is 0 Å². The Morgan fingerprint density at radius 3 is 1.59 bits per heavy atom. The maximum Gasteiger partial charge on any atom is 0.0849 e. The van der Waals surface area contributed by atoms with Crippen LogP contribution in [0.2, 0.25) is 0 Å². The van der Waals surface area contributed by atoms with Crippen LogP contribution in [-0.4, -0.2) is 11.4 Å². The van der Waals surface area contributed by atoms with Crippen molar-refractivity contribution in [3.63, 3.8) is 0 Å². The molecule has 1 unspecified atom stereocenters. The summed E-state index contributed by atoms with van der Waals surface area (Å²) >= 11 is 0. The minimum atomic E-state index is 0.0400. The van der Waals surface area contributed by atoms with Crippen LogP contribution in [0.1, 0.15) is 16.7 Å². The van der Waals surface area contributed by atoms with Crippen molar-refractivity contribution in [2.75, 3.05) is 6.54 Å². The molecule has 0 aromatic heterocycles. The summed E-state index contributed by atoms with van der Waals surface area (Å²) < 4.78 is 0. The monoisotopic (exact) mass is 285 g/mol. The topological polar surface area (TPSA) is 3.01 Å². The quantitative estimate of drug-likeness (QED) is 0.640. The Morgan fingerprint density at radius 2 is 1.09 bits per heavy atom. The summed E-state index contributed by atoms with van der Waals surface area (Å²) in [5.74, 6) is 0. The van der Waals surface area contributed by atoms with Crippen molar-refractivity contribution in [1.82, 2.24) is 4.90 Å². The average Bonchev–Trinajstić information content (AvgIpc) is 3.32. The second-order valence-corrected chi connectivity index (χ2v) is 5.93. The molecule has 1 fully saturated rings. The van der Waals surface area contributed by atoms with Crippen LogP contribution in [0.5, 0.6) is 0 Å². The van der Waals surface area contributed by atoms with E-state index in [1.807, 2.05) is 0 Å². The molecule has 108 valence electrons. The minimum Gasteiger partial charge on any atom is -0.282 e. The molecule has 0 bridgehead atoms. The molecule has 1 atom stereocenters. The van der Waals surface area contributed by atoms with E-state index in [1.54, 1.807) is 0 Å². The van der Waals surface area contributed by atoms with Gasteiger partial charge in [0.05, 0.1) is 5.54 Å². The Labute approximate surface area is 131 Å². The summed E-state index contributed by atoms with van der Waals surface area (Å²) in [4.78, 5) is 2.55. The van der Waals surface area contributed by atoms with Crippen LogP contribution in [0.3, 0.4) is 0 Å². The maximum absolute atomic E-state index is 2.55. The first-order chi connectivity index (χ1) is 10.9. The number of benzene rings is 3. The molecule has 1 heteroatoms. The molecule has 22 heavy (non-hydrogen) atoms. The first-order valence-corrected chi connectivity index (χ1v) is 7.80. The maximum atomic E-state index is 2.55. The second-order valence-electron chi connectivity index (χ2n) is 5.93. The van der Waals surface area contributed by atoms with Gasteiger partial charge in [0.1, 0.15) is 0 Å². The Balaban J connectivity index is 1.71. The first kappa shape index (κ1) is 13.3. The van der Waals surface area contributed by atoms with Crippen LogP contribution < -0.4 is 0 Å². The third kappa shape index (κ3) is 2.24. The molecule has 0 radical (unpaired) electrons. The Kier molecular flexibility index (Phi) is 3.28. The van der Waals surface area contributed by atoms with E-state index < -0.39 is 0 Å². The third-order valence-electron chi connectivity index (χ3n) is 4.58. The molecule has 1 saturated heterocycles. The molecule has 3 aromatic rings. The van der Waals surface area contributed by atoms with Gasteiger partial charge in [-0.1, -0.05) is 91.0 Å². The fourth-order valence-corrected chi connectivity index (χ4v) is 3.38. The van der Waals surface area contributed by atoms with E-state index in [1.165, 1.54) is 16.7 Å². The van der Waals surface area contributed by atoms with Gasteiger partial charge in [-0.25, -0.2) is 0 Å². The molecule has 1 nitrogen and oxygen atoms in total. The van der Waals surface area contributed by atoms with Crippen LogP contribution >= 0.6 is 0 Å². The number of hydrogen-bond donors (Lipinski definition) is 0. The highest BCUT2D eigenvalue weighted by Crippen LogP contribution is 2.49. The van der Waals surface area contributed by atoms with Crippen molar-refractivity contribution >= 4 is 0 Å². The molecular formula is C21H19N. The van der Waals surface area contributed by atoms with Gasteiger partial charge in [-0.2, -0.15) is 0 Å². The van der Waals surface area contributed by atoms with Gasteiger partial charge in [-0.3, -0.25) is 4.90 Å². The minimum absolute atomic E-state index is 0.0400. The summed E-state index contributed by atoms with van der Waals surface area (Å²) in [6, 6.07) is 32.4. The number of nitrogens with zero attached hydrogens (tertiary/aromatic N) is 1. The molecule has 0 saturated carbocycles. The molecule has 1 aliphatic heterocycles. The molecule has 4 rings (SSSR count). The van der Waals surface area contributed by atoms with E-state index in [4.69, 9.17) is 0 Å². The molecule has 1 heterocycles. The van der Waals surface area contributed by atoms with Gasteiger partial charge in [-0.15, -0.1) is 0 Å². The average molecular weight is 285 g/mol.